The summed E-state index contributed by atoms with van der Waals surface area (Å²) in [5, 5.41) is 0. The van der Waals surface area contributed by atoms with E-state index in [1.807, 2.05) is 0 Å². The Labute approximate surface area is 120 Å². The number of morpholine rings is 1. The van der Waals surface area contributed by atoms with Crippen LogP contribution in [-0.4, -0.2) is 38.0 Å². The zero-order chi connectivity index (χ0) is 14.3. The van der Waals surface area contributed by atoms with Gasteiger partial charge in [0.15, 0.2) is 0 Å². The molecule has 1 aliphatic heterocycles. The second-order valence-corrected chi connectivity index (χ2v) is 7.76. The lowest BCUT2D eigenvalue weighted by atomic mass is 10.1. The van der Waals surface area contributed by atoms with Gasteiger partial charge in [0, 0.05) is 11.0 Å². The second kappa shape index (κ2) is 5.12. The quantitative estimate of drug-likeness (QED) is 0.821. The lowest BCUT2D eigenvalue weighted by Gasteiger charge is -2.40. The number of halogens is 2. The van der Waals surface area contributed by atoms with Gasteiger partial charge in [-0.1, -0.05) is 15.9 Å². The van der Waals surface area contributed by atoms with Crippen LogP contribution in [0.1, 0.15) is 13.8 Å². The van der Waals surface area contributed by atoms with E-state index in [0.717, 1.165) is 6.07 Å². The summed E-state index contributed by atoms with van der Waals surface area (Å²) in [4.78, 5) is -0.300. The standard InChI is InChI=1S/C12H15BrFNO3S/c1-12(2)8-18-6-5-15(12)19(16,17)11-4-3-9(13)7-10(11)14/h3-4,7H,5-6,8H2,1-2H3. The molecule has 1 aromatic carbocycles. The first-order valence-corrected chi connectivity index (χ1v) is 8.04. The van der Waals surface area contributed by atoms with Crippen molar-refractivity contribution in [3.05, 3.63) is 28.5 Å². The minimum absolute atomic E-state index is 0.227. The lowest BCUT2D eigenvalue weighted by Crippen LogP contribution is -2.55. The van der Waals surface area contributed by atoms with E-state index < -0.39 is 21.4 Å². The minimum Gasteiger partial charge on any atom is -0.378 e. The number of ether oxygens (including phenoxy) is 1. The van der Waals surface area contributed by atoms with Crippen molar-refractivity contribution >= 4 is 26.0 Å². The van der Waals surface area contributed by atoms with Crippen molar-refractivity contribution < 1.29 is 17.5 Å². The highest BCUT2D eigenvalue weighted by molar-refractivity contribution is 9.10. The van der Waals surface area contributed by atoms with Crippen molar-refractivity contribution in [3.8, 4) is 0 Å². The normalized spacial score (nSPS) is 20.4. The molecular weight excluding hydrogens is 337 g/mol. The van der Waals surface area contributed by atoms with Gasteiger partial charge in [0.1, 0.15) is 10.7 Å². The summed E-state index contributed by atoms with van der Waals surface area (Å²) in [5.74, 6) is -0.753. The fourth-order valence-electron chi connectivity index (χ4n) is 2.09. The predicted octanol–water partition coefficient (Wildman–Crippen LogP) is 2.39. The monoisotopic (exact) mass is 351 g/mol. The number of hydrogen-bond donors (Lipinski definition) is 0. The molecule has 0 radical (unpaired) electrons. The van der Waals surface area contributed by atoms with Crippen molar-refractivity contribution in [1.29, 1.82) is 0 Å². The molecule has 0 bridgehead atoms. The molecule has 7 heteroatoms. The predicted molar refractivity (Wildman–Crippen MR) is 72.9 cm³/mol. The molecule has 0 amide bonds. The van der Waals surface area contributed by atoms with Gasteiger partial charge in [0.25, 0.3) is 0 Å². The number of nitrogens with zero attached hydrogens (tertiary/aromatic N) is 1. The van der Waals surface area contributed by atoms with Crippen LogP contribution in [0.2, 0.25) is 0 Å². The van der Waals surface area contributed by atoms with Crippen LogP contribution in [-0.2, 0) is 14.8 Å². The van der Waals surface area contributed by atoms with E-state index in [0.29, 0.717) is 17.7 Å². The Balaban J connectivity index is 2.47. The first-order chi connectivity index (χ1) is 8.75. The van der Waals surface area contributed by atoms with Gasteiger partial charge in [0.05, 0.1) is 18.8 Å². The zero-order valence-corrected chi connectivity index (χ0v) is 13.1. The molecule has 0 spiro atoms. The zero-order valence-electron chi connectivity index (χ0n) is 10.7. The van der Waals surface area contributed by atoms with Crippen LogP contribution in [0, 0.1) is 5.82 Å². The molecule has 4 nitrogen and oxygen atoms in total. The highest BCUT2D eigenvalue weighted by atomic mass is 79.9. The van der Waals surface area contributed by atoms with Gasteiger partial charge in [-0.05, 0) is 32.0 Å². The highest BCUT2D eigenvalue weighted by Gasteiger charge is 2.40. The van der Waals surface area contributed by atoms with E-state index >= 15 is 0 Å². The van der Waals surface area contributed by atoms with Crippen molar-refractivity contribution in [2.75, 3.05) is 19.8 Å². The highest BCUT2D eigenvalue weighted by Crippen LogP contribution is 2.29. The van der Waals surface area contributed by atoms with Crippen molar-refractivity contribution in [2.24, 2.45) is 0 Å². The Kier molecular flexibility index (Phi) is 4.02. The number of hydrogen-bond acceptors (Lipinski definition) is 3. The third kappa shape index (κ3) is 2.84. The molecule has 2 rings (SSSR count). The van der Waals surface area contributed by atoms with Gasteiger partial charge in [-0.25, -0.2) is 12.8 Å². The molecule has 0 aliphatic carbocycles. The van der Waals surface area contributed by atoms with Gasteiger partial charge in [-0.2, -0.15) is 4.31 Å². The lowest BCUT2D eigenvalue weighted by molar-refractivity contribution is -0.00779. The Morgan fingerprint density at radius 2 is 2.11 bits per heavy atom. The summed E-state index contributed by atoms with van der Waals surface area (Å²) in [5.41, 5.74) is -0.684. The average molecular weight is 352 g/mol. The van der Waals surface area contributed by atoms with Crippen molar-refractivity contribution in [2.45, 2.75) is 24.3 Å². The van der Waals surface area contributed by atoms with Crippen LogP contribution in [0.5, 0.6) is 0 Å². The van der Waals surface area contributed by atoms with Crippen LogP contribution in [0.3, 0.4) is 0 Å². The molecule has 1 saturated heterocycles. The fourth-order valence-corrected chi connectivity index (χ4v) is 4.23. The van der Waals surface area contributed by atoms with Crippen molar-refractivity contribution in [1.82, 2.24) is 4.31 Å². The maximum atomic E-state index is 13.9. The number of sulfonamides is 1. The van der Waals surface area contributed by atoms with Gasteiger partial charge >= 0.3 is 0 Å². The van der Waals surface area contributed by atoms with E-state index in [-0.39, 0.29) is 11.4 Å². The summed E-state index contributed by atoms with van der Waals surface area (Å²) in [6.07, 6.45) is 0. The Morgan fingerprint density at radius 1 is 1.42 bits per heavy atom. The van der Waals surface area contributed by atoms with E-state index in [1.165, 1.54) is 16.4 Å². The van der Waals surface area contributed by atoms with E-state index in [4.69, 9.17) is 4.74 Å². The molecule has 19 heavy (non-hydrogen) atoms. The summed E-state index contributed by atoms with van der Waals surface area (Å²) in [6, 6.07) is 3.95. The van der Waals surface area contributed by atoms with E-state index in [2.05, 4.69) is 15.9 Å². The molecule has 1 fully saturated rings. The van der Waals surface area contributed by atoms with Crippen LogP contribution >= 0.6 is 15.9 Å². The Hall–Kier alpha value is -0.500. The smallest absolute Gasteiger partial charge is 0.246 e. The van der Waals surface area contributed by atoms with Gasteiger partial charge < -0.3 is 4.74 Å². The molecule has 1 heterocycles. The first kappa shape index (κ1) is 14.9. The summed E-state index contributed by atoms with van der Waals surface area (Å²) >= 11 is 3.11. The van der Waals surface area contributed by atoms with Crippen LogP contribution in [0.15, 0.2) is 27.6 Å². The summed E-state index contributed by atoms with van der Waals surface area (Å²) in [6.45, 7) is 4.37. The molecule has 1 aliphatic rings. The topological polar surface area (TPSA) is 46.6 Å². The summed E-state index contributed by atoms with van der Waals surface area (Å²) in [7, 11) is -3.86. The van der Waals surface area contributed by atoms with Crippen molar-refractivity contribution in [3.63, 3.8) is 0 Å². The fraction of sp³-hybridized carbons (Fsp3) is 0.500. The third-order valence-electron chi connectivity index (χ3n) is 3.03. The van der Waals surface area contributed by atoms with Crippen LogP contribution in [0.25, 0.3) is 0 Å². The third-order valence-corrected chi connectivity index (χ3v) is 5.67. The van der Waals surface area contributed by atoms with Crippen LogP contribution < -0.4 is 0 Å². The van der Waals surface area contributed by atoms with E-state index in [1.54, 1.807) is 13.8 Å². The average Bonchev–Trinajstić information content (AvgIpc) is 2.27. The minimum atomic E-state index is -3.86. The Morgan fingerprint density at radius 3 is 2.68 bits per heavy atom. The molecule has 0 aromatic heterocycles. The number of benzene rings is 1. The maximum Gasteiger partial charge on any atom is 0.246 e. The van der Waals surface area contributed by atoms with Gasteiger partial charge in [0.2, 0.25) is 10.0 Å². The van der Waals surface area contributed by atoms with Crippen LogP contribution in [0.4, 0.5) is 4.39 Å². The maximum absolute atomic E-state index is 13.9. The molecular formula is C12H15BrFNO3S. The molecule has 106 valence electrons. The Bertz CT molecular complexity index is 589. The molecule has 0 saturated carbocycles. The summed E-state index contributed by atoms with van der Waals surface area (Å²) < 4.78 is 46.1. The largest absolute Gasteiger partial charge is 0.378 e. The molecule has 0 unspecified atom stereocenters. The molecule has 0 N–H and O–H groups in total. The first-order valence-electron chi connectivity index (χ1n) is 5.81. The molecule has 0 atom stereocenters. The second-order valence-electron chi connectivity index (χ2n) is 5.02. The SMILES string of the molecule is CC1(C)COCCN1S(=O)(=O)c1ccc(Br)cc1F. The van der Waals surface area contributed by atoms with E-state index in [9.17, 15) is 12.8 Å². The number of rotatable bonds is 2. The van der Waals surface area contributed by atoms with Gasteiger partial charge in [-0.15, -0.1) is 0 Å². The molecule has 1 aromatic rings. The van der Waals surface area contributed by atoms with Gasteiger partial charge in [-0.3, -0.25) is 0 Å².